The number of hydrogen-bond acceptors (Lipinski definition) is 4. The van der Waals surface area contributed by atoms with Gasteiger partial charge in [0.15, 0.2) is 0 Å². The summed E-state index contributed by atoms with van der Waals surface area (Å²) < 4.78 is 24.0. The van der Waals surface area contributed by atoms with Gasteiger partial charge >= 0.3 is 0 Å². The van der Waals surface area contributed by atoms with Crippen molar-refractivity contribution in [3.63, 3.8) is 0 Å². The van der Waals surface area contributed by atoms with Crippen LogP contribution in [0.15, 0.2) is 18.2 Å². The van der Waals surface area contributed by atoms with Gasteiger partial charge in [0.25, 0.3) is 0 Å². The van der Waals surface area contributed by atoms with E-state index in [1.807, 2.05) is 13.8 Å². The van der Waals surface area contributed by atoms with E-state index in [0.717, 1.165) is 5.56 Å². The van der Waals surface area contributed by atoms with Crippen molar-refractivity contribution >= 4 is 5.91 Å². The molecule has 0 radical (unpaired) electrons. The molecule has 0 bridgehead atoms. The first-order valence-corrected chi connectivity index (χ1v) is 6.86. The van der Waals surface area contributed by atoms with Crippen LogP contribution in [0.4, 0.5) is 4.39 Å². The molecule has 116 valence electrons. The van der Waals surface area contributed by atoms with E-state index in [9.17, 15) is 9.18 Å². The van der Waals surface area contributed by atoms with Gasteiger partial charge < -0.3 is 20.5 Å². The van der Waals surface area contributed by atoms with Crippen LogP contribution in [0.5, 0.6) is 5.75 Å². The summed E-state index contributed by atoms with van der Waals surface area (Å²) in [7, 11) is 1.49. The molecule has 1 aliphatic heterocycles. The van der Waals surface area contributed by atoms with Crippen LogP contribution in [-0.2, 0) is 9.53 Å². The van der Waals surface area contributed by atoms with Gasteiger partial charge in [-0.1, -0.05) is 6.07 Å². The minimum Gasteiger partial charge on any atom is -0.487 e. The lowest BCUT2D eigenvalue weighted by atomic mass is 9.89. The zero-order chi connectivity index (χ0) is 15.6. The molecule has 2 atom stereocenters. The van der Waals surface area contributed by atoms with Crippen molar-refractivity contribution < 1.29 is 18.7 Å². The van der Waals surface area contributed by atoms with Gasteiger partial charge in [-0.15, -0.1) is 0 Å². The number of hydrogen-bond donors (Lipinski definition) is 2. The highest BCUT2D eigenvalue weighted by molar-refractivity contribution is 5.82. The lowest BCUT2D eigenvalue weighted by Crippen LogP contribution is -2.48. The molecule has 0 aromatic heterocycles. The van der Waals surface area contributed by atoms with Crippen molar-refractivity contribution in [1.82, 2.24) is 5.32 Å². The maximum Gasteiger partial charge on any atom is 0.239 e. The molecule has 0 spiro atoms. The molecule has 1 heterocycles. The van der Waals surface area contributed by atoms with E-state index in [2.05, 4.69) is 5.32 Å². The number of methoxy groups -OCH3 is 1. The lowest BCUT2D eigenvalue weighted by molar-refractivity contribution is -0.124. The van der Waals surface area contributed by atoms with E-state index in [1.165, 1.54) is 19.2 Å². The van der Waals surface area contributed by atoms with Crippen LogP contribution >= 0.6 is 0 Å². The highest BCUT2D eigenvalue weighted by Gasteiger charge is 2.35. The van der Waals surface area contributed by atoms with Crippen LogP contribution in [0.2, 0.25) is 0 Å². The van der Waals surface area contributed by atoms with Crippen molar-refractivity contribution in [1.29, 1.82) is 0 Å². The van der Waals surface area contributed by atoms with E-state index in [0.29, 0.717) is 12.2 Å². The second-order valence-electron chi connectivity index (χ2n) is 5.87. The fraction of sp³-hybridized carbons (Fsp3) is 0.533. The van der Waals surface area contributed by atoms with E-state index in [1.54, 1.807) is 6.07 Å². The van der Waals surface area contributed by atoms with Gasteiger partial charge in [0.1, 0.15) is 23.2 Å². The number of rotatable bonds is 4. The molecule has 0 fully saturated rings. The van der Waals surface area contributed by atoms with Crippen LogP contribution in [-0.4, -0.2) is 31.3 Å². The van der Waals surface area contributed by atoms with Crippen LogP contribution in [0.1, 0.15) is 31.9 Å². The normalized spacial score (nSPS) is 21.1. The third-order valence-electron chi connectivity index (χ3n) is 3.43. The molecule has 6 heteroatoms. The summed E-state index contributed by atoms with van der Waals surface area (Å²) in [6.45, 7) is 3.94. The Morgan fingerprint density at radius 2 is 2.33 bits per heavy atom. The fourth-order valence-electron chi connectivity index (χ4n) is 2.49. The Kier molecular flexibility index (Phi) is 4.49. The highest BCUT2D eigenvalue weighted by atomic mass is 19.1. The molecule has 0 aliphatic carbocycles. The monoisotopic (exact) mass is 296 g/mol. The minimum atomic E-state index is -0.732. The zero-order valence-corrected chi connectivity index (χ0v) is 12.5. The van der Waals surface area contributed by atoms with Gasteiger partial charge in [-0.25, -0.2) is 4.39 Å². The Balaban J connectivity index is 2.22. The average molecular weight is 296 g/mol. The minimum absolute atomic E-state index is 0.148. The zero-order valence-electron chi connectivity index (χ0n) is 12.5. The summed E-state index contributed by atoms with van der Waals surface area (Å²) in [5, 5.41) is 2.89. The predicted octanol–water partition coefficient (Wildman–Crippen LogP) is 1.52. The summed E-state index contributed by atoms with van der Waals surface area (Å²) in [5.41, 5.74) is 5.99. The molecule has 1 aliphatic rings. The molecule has 0 saturated carbocycles. The van der Waals surface area contributed by atoms with Crippen LogP contribution < -0.4 is 15.8 Å². The molecule has 5 nitrogen and oxygen atoms in total. The van der Waals surface area contributed by atoms with Crippen LogP contribution in [0.25, 0.3) is 0 Å². The summed E-state index contributed by atoms with van der Waals surface area (Å²) in [5.74, 6) is -0.209. The maximum absolute atomic E-state index is 13.4. The molecule has 2 unspecified atom stereocenters. The summed E-state index contributed by atoms with van der Waals surface area (Å²) in [4.78, 5) is 12.1. The Morgan fingerprint density at radius 1 is 1.62 bits per heavy atom. The average Bonchev–Trinajstić information content (AvgIpc) is 2.36. The summed E-state index contributed by atoms with van der Waals surface area (Å²) >= 11 is 0. The molecule has 3 N–H and O–H groups in total. The Bertz CT molecular complexity index is 534. The first-order valence-electron chi connectivity index (χ1n) is 6.86. The summed E-state index contributed by atoms with van der Waals surface area (Å²) in [6.07, 6.45) is 0.580. The van der Waals surface area contributed by atoms with Crippen molar-refractivity contribution in [3.05, 3.63) is 29.6 Å². The number of carbonyl (C=O) groups is 1. The van der Waals surface area contributed by atoms with Crippen molar-refractivity contribution in [2.45, 2.75) is 38.0 Å². The van der Waals surface area contributed by atoms with Gasteiger partial charge in [0.2, 0.25) is 5.91 Å². The molecule has 1 aromatic carbocycles. The standard InChI is InChI=1S/C15H21FN2O3/c1-15(2)7-12(18-14(19)11(17)8-20-3)10-5-4-9(16)6-13(10)21-15/h4-6,11-12H,7-8,17H2,1-3H3,(H,18,19). The SMILES string of the molecule is COCC(N)C(=O)NC1CC(C)(C)Oc2cc(F)ccc21. The fourth-order valence-corrected chi connectivity index (χ4v) is 2.49. The molecular weight excluding hydrogens is 275 g/mol. The van der Waals surface area contributed by atoms with Crippen molar-refractivity contribution in [2.75, 3.05) is 13.7 Å². The maximum atomic E-state index is 13.4. The number of amides is 1. The number of ether oxygens (including phenoxy) is 2. The molecule has 2 rings (SSSR count). The number of halogens is 1. The third kappa shape index (κ3) is 3.71. The van der Waals surface area contributed by atoms with Gasteiger partial charge in [0, 0.05) is 25.2 Å². The topological polar surface area (TPSA) is 73.6 Å². The molecular formula is C15H21FN2O3. The number of nitrogens with two attached hydrogens (primary N) is 1. The summed E-state index contributed by atoms with van der Waals surface area (Å²) in [6, 6.07) is 3.33. The van der Waals surface area contributed by atoms with Gasteiger partial charge in [-0.2, -0.15) is 0 Å². The Hall–Kier alpha value is -1.66. The number of nitrogens with one attached hydrogen (secondary N) is 1. The van der Waals surface area contributed by atoms with Crippen molar-refractivity contribution in [3.8, 4) is 5.75 Å². The Morgan fingerprint density at radius 3 is 3.00 bits per heavy atom. The second kappa shape index (κ2) is 5.99. The third-order valence-corrected chi connectivity index (χ3v) is 3.43. The molecule has 0 saturated heterocycles. The molecule has 21 heavy (non-hydrogen) atoms. The number of fused-ring (bicyclic) bond motifs is 1. The predicted molar refractivity (Wildman–Crippen MR) is 76.5 cm³/mol. The quantitative estimate of drug-likeness (QED) is 0.883. The lowest BCUT2D eigenvalue weighted by Gasteiger charge is -2.38. The van der Waals surface area contributed by atoms with Gasteiger partial charge in [-0.05, 0) is 19.9 Å². The number of benzene rings is 1. The first kappa shape index (κ1) is 15.7. The second-order valence-corrected chi connectivity index (χ2v) is 5.87. The molecule has 1 amide bonds. The van der Waals surface area contributed by atoms with E-state index < -0.39 is 11.6 Å². The number of carbonyl (C=O) groups excluding carboxylic acids is 1. The van der Waals surface area contributed by atoms with E-state index >= 15 is 0 Å². The molecule has 1 aromatic rings. The van der Waals surface area contributed by atoms with Gasteiger partial charge in [0.05, 0.1) is 12.6 Å². The van der Waals surface area contributed by atoms with Gasteiger partial charge in [-0.3, -0.25) is 4.79 Å². The van der Waals surface area contributed by atoms with Crippen LogP contribution in [0.3, 0.4) is 0 Å². The van der Waals surface area contributed by atoms with E-state index in [-0.39, 0.29) is 24.4 Å². The smallest absolute Gasteiger partial charge is 0.239 e. The van der Waals surface area contributed by atoms with Crippen molar-refractivity contribution in [2.24, 2.45) is 5.73 Å². The van der Waals surface area contributed by atoms with E-state index in [4.69, 9.17) is 15.2 Å². The highest BCUT2D eigenvalue weighted by Crippen LogP contribution is 2.39. The largest absolute Gasteiger partial charge is 0.487 e. The van der Waals surface area contributed by atoms with Crippen LogP contribution in [0, 0.1) is 5.82 Å². The first-order chi connectivity index (χ1) is 9.82. The Labute approximate surface area is 123 Å².